The van der Waals surface area contributed by atoms with Crippen LogP contribution in [0.3, 0.4) is 0 Å². The number of para-hydroxylation sites is 1. The number of benzene rings is 1. The molecule has 1 aromatic carbocycles. The van der Waals surface area contributed by atoms with Gasteiger partial charge < -0.3 is 4.90 Å². The van der Waals surface area contributed by atoms with E-state index in [4.69, 9.17) is 0 Å². The van der Waals surface area contributed by atoms with Crippen LogP contribution in [0.25, 0.3) is 5.69 Å². The number of amides is 1. The molecule has 3 heterocycles. The van der Waals surface area contributed by atoms with Crippen molar-refractivity contribution in [2.75, 3.05) is 11.4 Å². The van der Waals surface area contributed by atoms with Crippen molar-refractivity contribution < 1.29 is 9.18 Å². The van der Waals surface area contributed by atoms with Crippen LogP contribution in [0.4, 0.5) is 10.1 Å². The van der Waals surface area contributed by atoms with Crippen molar-refractivity contribution in [2.24, 2.45) is 0 Å². The lowest BCUT2D eigenvalue weighted by Crippen LogP contribution is -2.35. The van der Waals surface area contributed by atoms with Gasteiger partial charge in [0.25, 0.3) is 5.91 Å². The van der Waals surface area contributed by atoms with Crippen LogP contribution >= 0.6 is 0 Å². The number of carbonyl (C=O) groups excluding carboxylic acids is 1. The summed E-state index contributed by atoms with van der Waals surface area (Å²) < 4.78 is 15.2. The molecule has 1 N–H and O–H groups in total. The Kier molecular flexibility index (Phi) is 3.18. The first-order chi connectivity index (χ1) is 11.2. The molecule has 23 heavy (non-hydrogen) atoms. The Morgan fingerprint density at radius 3 is 2.96 bits per heavy atom. The van der Waals surface area contributed by atoms with Gasteiger partial charge in [-0.25, -0.2) is 9.07 Å². The van der Waals surface area contributed by atoms with E-state index in [9.17, 15) is 9.18 Å². The second kappa shape index (κ2) is 5.35. The summed E-state index contributed by atoms with van der Waals surface area (Å²) in [5, 5.41) is 11.1. The average Bonchev–Trinajstić information content (AvgIpc) is 3.23. The van der Waals surface area contributed by atoms with Crippen molar-refractivity contribution in [1.29, 1.82) is 0 Å². The molecule has 2 aromatic heterocycles. The molecule has 0 fully saturated rings. The number of rotatable bonds is 2. The Morgan fingerprint density at radius 1 is 1.22 bits per heavy atom. The zero-order valence-electron chi connectivity index (χ0n) is 12.2. The van der Waals surface area contributed by atoms with Crippen molar-refractivity contribution in [2.45, 2.75) is 12.8 Å². The molecule has 0 unspecified atom stereocenters. The zero-order valence-corrected chi connectivity index (χ0v) is 12.2. The molecule has 0 radical (unpaired) electrons. The average molecular weight is 311 g/mol. The molecule has 0 aliphatic carbocycles. The van der Waals surface area contributed by atoms with Crippen molar-refractivity contribution >= 4 is 11.6 Å². The van der Waals surface area contributed by atoms with Gasteiger partial charge in [-0.2, -0.15) is 10.2 Å². The van der Waals surface area contributed by atoms with E-state index in [1.165, 1.54) is 10.7 Å². The van der Waals surface area contributed by atoms with Crippen LogP contribution in [0.15, 0.2) is 42.7 Å². The third-order valence-corrected chi connectivity index (χ3v) is 3.95. The summed E-state index contributed by atoms with van der Waals surface area (Å²) in [6.07, 6.45) is 4.99. The lowest BCUT2D eigenvalue weighted by atomic mass is 10.1. The van der Waals surface area contributed by atoms with Crippen LogP contribution in [0.2, 0.25) is 0 Å². The van der Waals surface area contributed by atoms with E-state index in [-0.39, 0.29) is 17.4 Å². The van der Waals surface area contributed by atoms with Gasteiger partial charge in [0.05, 0.1) is 17.6 Å². The second-order valence-corrected chi connectivity index (χ2v) is 5.39. The van der Waals surface area contributed by atoms with Crippen LogP contribution in [-0.2, 0) is 6.42 Å². The number of carbonyl (C=O) groups is 1. The summed E-state index contributed by atoms with van der Waals surface area (Å²) in [5.74, 6) is -0.591. The number of halogens is 1. The van der Waals surface area contributed by atoms with Crippen LogP contribution in [0.5, 0.6) is 0 Å². The molecule has 1 amide bonds. The molecule has 6 nitrogen and oxygen atoms in total. The topological polar surface area (TPSA) is 66.8 Å². The Hall–Kier alpha value is -2.96. The van der Waals surface area contributed by atoms with E-state index >= 15 is 0 Å². The third kappa shape index (κ3) is 2.30. The number of aromatic amines is 1. The minimum absolute atomic E-state index is 0.206. The fourth-order valence-electron chi connectivity index (χ4n) is 2.82. The van der Waals surface area contributed by atoms with Gasteiger partial charge in [-0.3, -0.25) is 9.89 Å². The number of hydrogen-bond donors (Lipinski definition) is 1. The van der Waals surface area contributed by atoms with Crippen molar-refractivity contribution in [3.63, 3.8) is 0 Å². The summed E-state index contributed by atoms with van der Waals surface area (Å²) in [4.78, 5) is 14.4. The maximum absolute atomic E-state index is 13.8. The number of aryl methyl sites for hydroxylation is 1. The van der Waals surface area contributed by atoms with Crippen LogP contribution in [0, 0.1) is 5.82 Å². The van der Waals surface area contributed by atoms with Gasteiger partial charge in [0.1, 0.15) is 11.5 Å². The first kappa shape index (κ1) is 13.7. The number of fused-ring (bicyclic) bond motifs is 1. The number of nitrogens with zero attached hydrogens (tertiary/aromatic N) is 4. The SMILES string of the molecule is O=C(c1ccn(-c2ccccc2F)n1)N1CCCc2[nH]ncc21. The first-order valence-corrected chi connectivity index (χ1v) is 7.39. The predicted molar refractivity (Wildman–Crippen MR) is 82.1 cm³/mol. The molecule has 4 rings (SSSR count). The molecule has 0 spiro atoms. The number of H-pyrrole nitrogens is 1. The Bertz CT molecular complexity index is 869. The quantitative estimate of drug-likeness (QED) is 0.790. The number of anilines is 1. The molecule has 1 aliphatic rings. The number of aromatic nitrogens is 4. The van der Waals surface area contributed by atoms with Gasteiger partial charge >= 0.3 is 0 Å². The fraction of sp³-hybridized carbons (Fsp3) is 0.188. The molecule has 1 aliphatic heterocycles. The summed E-state index contributed by atoms with van der Waals surface area (Å²) in [6, 6.07) is 7.92. The van der Waals surface area contributed by atoms with E-state index in [1.807, 2.05) is 0 Å². The normalized spacial score (nSPS) is 13.9. The largest absolute Gasteiger partial charge is 0.304 e. The Balaban J connectivity index is 1.66. The fourth-order valence-corrected chi connectivity index (χ4v) is 2.82. The zero-order chi connectivity index (χ0) is 15.8. The van der Waals surface area contributed by atoms with E-state index in [0.29, 0.717) is 12.2 Å². The van der Waals surface area contributed by atoms with Gasteiger partial charge in [0, 0.05) is 12.7 Å². The minimum Gasteiger partial charge on any atom is -0.304 e. The van der Waals surface area contributed by atoms with Crippen molar-refractivity contribution in [1.82, 2.24) is 20.0 Å². The number of nitrogens with one attached hydrogen (secondary N) is 1. The standard InChI is InChI=1S/C16H14FN5O/c17-11-4-1-2-6-14(11)22-9-7-13(20-22)16(23)21-8-3-5-12-15(21)10-18-19-12/h1-2,4,6-7,9-10H,3,5,8H2,(H,18,19). The predicted octanol–water partition coefficient (Wildman–Crippen LogP) is 2.33. The summed E-state index contributed by atoms with van der Waals surface area (Å²) >= 11 is 0. The van der Waals surface area contributed by atoms with Gasteiger partial charge in [-0.05, 0) is 31.0 Å². The number of hydrogen-bond acceptors (Lipinski definition) is 3. The van der Waals surface area contributed by atoms with Gasteiger partial charge in [-0.15, -0.1) is 0 Å². The molecule has 0 atom stereocenters. The molecular weight excluding hydrogens is 297 g/mol. The smallest absolute Gasteiger partial charge is 0.278 e. The molecule has 116 valence electrons. The van der Waals surface area contributed by atoms with Crippen LogP contribution in [-0.4, -0.2) is 32.4 Å². The summed E-state index contributed by atoms with van der Waals surface area (Å²) in [6.45, 7) is 0.623. The summed E-state index contributed by atoms with van der Waals surface area (Å²) in [7, 11) is 0. The van der Waals surface area contributed by atoms with Gasteiger partial charge in [0.2, 0.25) is 0 Å². The highest BCUT2D eigenvalue weighted by Crippen LogP contribution is 2.26. The molecule has 0 bridgehead atoms. The highest BCUT2D eigenvalue weighted by atomic mass is 19.1. The first-order valence-electron chi connectivity index (χ1n) is 7.39. The van der Waals surface area contributed by atoms with Crippen molar-refractivity contribution in [3.05, 3.63) is 59.9 Å². The van der Waals surface area contributed by atoms with Crippen LogP contribution < -0.4 is 4.90 Å². The van der Waals surface area contributed by atoms with E-state index in [0.717, 1.165) is 24.2 Å². The van der Waals surface area contributed by atoms with E-state index in [2.05, 4.69) is 15.3 Å². The second-order valence-electron chi connectivity index (χ2n) is 5.39. The highest BCUT2D eigenvalue weighted by Gasteiger charge is 2.26. The van der Waals surface area contributed by atoms with Gasteiger partial charge in [-0.1, -0.05) is 12.1 Å². The minimum atomic E-state index is -0.385. The maximum atomic E-state index is 13.8. The Labute approximate surface area is 131 Å². The Morgan fingerprint density at radius 2 is 2.09 bits per heavy atom. The monoisotopic (exact) mass is 311 g/mol. The van der Waals surface area contributed by atoms with E-state index in [1.54, 1.807) is 41.6 Å². The molecule has 0 saturated carbocycles. The van der Waals surface area contributed by atoms with Crippen molar-refractivity contribution in [3.8, 4) is 5.69 Å². The van der Waals surface area contributed by atoms with Crippen LogP contribution in [0.1, 0.15) is 22.6 Å². The molecular formula is C16H14FN5O. The van der Waals surface area contributed by atoms with Gasteiger partial charge in [0.15, 0.2) is 5.69 Å². The molecule has 7 heteroatoms. The molecule has 3 aromatic rings. The lowest BCUT2D eigenvalue weighted by Gasteiger charge is -2.25. The molecule has 0 saturated heterocycles. The maximum Gasteiger partial charge on any atom is 0.278 e. The third-order valence-electron chi connectivity index (χ3n) is 3.95. The van der Waals surface area contributed by atoms with E-state index < -0.39 is 0 Å². The highest BCUT2D eigenvalue weighted by molar-refractivity contribution is 6.05. The lowest BCUT2D eigenvalue weighted by molar-refractivity contribution is 0.0980. The summed E-state index contributed by atoms with van der Waals surface area (Å²) in [5.41, 5.74) is 2.34.